The zero-order valence-corrected chi connectivity index (χ0v) is 22.0. The second-order valence-corrected chi connectivity index (χ2v) is 11.0. The second-order valence-electron chi connectivity index (χ2n) is 9.31. The van der Waals surface area contributed by atoms with Gasteiger partial charge in [0.15, 0.2) is 0 Å². The lowest BCUT2D eigenvalue weighted by molar-refractivity contribution is -0.155. The van der Waals surface area contributed by atoms with Crippen molar-refractivity contribution in [3.8, 4) is 0 Å². The van der Waals surface area contributed by atoms with Crippen LogP contribution in [0.3, 0.4) is 0 Å². The molecule has 0 unspecified atom stereocenters. The number of morpholine rings is 1. The maximum atomic E-state index is 13.5. The Morgan fingerprint density at radius 3 is 2.50 bits per heavy atom. The zero-order valence-electron chi connectivity index (χ0n) is 20.4. The van der Waals surface area contributed by atoms with Crippen molar-refractivity contribution >= 4 is 52.0 Å². The van der Waals surface area contributed by atoms with E-state index in [0.717, 1.165) is 35.5 Å². The van der Waals surface area contributed by atoms with Gasteiger partial charge in [-0.05, 0) is 55.2 Å². The van der Waals surface area contributed by atoms with Gasteiger partial charge < -0.3 is 20.3 Å². The molecule has 8 nitrogen and oxygen atoms in total. The molecule has 2 fully saturated rings. The molecule has 0 spiro atoms. The van der Waals surface area contributed by atoms with Crippen LogP contribution in [-0.4, -0.2) is 74.2 Å². The number of nitrogens with zero attached hydrogens (tertiary/aromatic N) is 2. The molecule has 1 atom stereocenters. The van der Waals surface area contributed by atoms with Crippen molar-refractivity contribution in [3.63, 3.8) is 0 Å². The van der Waals surface area contributed by atoms with Crippen LogP contribution in [0, 0.1) is 5.92 Å². The molecule has 1 saturated carbocycles. The molecule has 1 aromatic carbocycles. The summed E-state index contributed by atoms with van der Waals surface area (Å²) in [5.74, 6) is -1.32. The quantitative estimate of drug-likeness (QED) is 0.446. The maximum Gasteiger partial charge on any atom is 0.401 e. The number of thiophene rings is 1. The van der Waals surface area contributed by atoms with Crippen LogP contribution in [0.5, 0.6) is 0 Å². The van der Waals surface area contributed by atoms with E-state index in [2.05, 4.69) is 10.6 Å². The first-order chi connectivity index (χ1) is 18.1. The minimum atomic E-state index is -4.53. The molecular formula is C25H28ClF3N4O4S. The summed E-state index contributed by atoms with van der Waals surface area (Å²) in [5.41, 5.74) is 0.981. The van der Waals surface area contributed by atoms with E-state index < -0.39 is 30.6 Å². The van der Waals surface area contributed by atoms with Gasteiger partial charge in [0, 0.05) is 31.0 Å². The van der Waals surface area contributed by atoms with Crippen LogP contribution in [0.1, 0.15) is 28.9 Å². The summed E-state index contributed by atoms with van der Waals surface area (Å²) >= 11 is 6.93. The van der Waals surface area contributed by atoms with Gasteiger partial charge in [0.1, 0.15) is 12.6 Å². The minimum absolute atomic E-state index is 0.0143. The van der Waals surface area contributed by atoms with E-state index in [1.807, 2.05) is 0 Å². The predicted octanol–water partition coefficient (Wildman–Crippen LogP) is 4.17. The average Bonchev–Trinajstić information content (AvgIpc) is 3.27. The largest absolute Gasteiger partial charge is 0.401 e. The molecule has 1 aliphatic carbocycles. The number of carbonyl (C=O) groups is 3. The number of carbonyl (C=O) groups excluding carboxylic acids is 3. The van der Waals surface area contributed by atoms with Gasteiger partial charge in [-0.15, -0.1) is 11.3 Å². The van der Waals surface area contributed by atoms with Gasteiger partial charge in [-0.1, -0.05) is 18.0 Å². The number of hydrogen-bond donors (Lipinski definition) is 2. The van der Waals surface area contributed by atoms with Crippen LogP contribution in [0.15, 0.2) is 36.4 Å². The van der Waals surface area contributed by atoms with E-state index in [0.29, 0.717) is 33.7 Å². The molecule has 4 rings (SSSR count). The summed E-state index contributed by atoms with van der Waals surface area (Å²) in [7, 11) is 0. The Morgan fingerprint density at radius 1 is 1.18 bits per heavy atom. The Bertz CT molecular complexity index is 1140. The molecule has 2 heterocycles. The van der Waals surface area contributed by atoms with Crippen molar-refractivity contribution < 1.29 is 32.3 Å². The van der Waals surface area contributed by atoms with E-state index >= 15 is 0 Å². The molecule has 2 aromatic rings. The third kappa shape index (κ3) is 7.68. The Hall–Kier alpha value is -2.67. The van der Waals surface area contributed by atoms with Gasteiger partial charge in [-0.2, -0.15) is 13.2 Å². The molecular weight excluding hydrogens is 545 g/mol. The van der Waals surface area contributed by atoms with Crippen molar-refractivity contribution in [2.45, 2.75) is 31.5 Å². The van der Waals surface area contributed by atoms with E-state index in [-0.39, 0.29) is 31.5 Å². The Labute approximate surface area is 227 Å². The fourth-order valence-electron chi connectivity index (χ4n) is 4.38. The molecule has 206 valence electrons. The number of hydrogen-bond acceptors (Lipinski definition) is 6. The number of alkyl halides is 3. The fraction of sp³-hybridized carbons (Fsp3) is 0.480. The smallest absolute Gasteiger partial charge is 0.370 e. The first kappa shape index (κ1) is 28.3. The SMILES string of the molecule is O=C(NC[C@H](C(=O)Nc1ccc(N2CCOCC2=O)cc1)N(CC1CCC1)CC(F)(F)F)c1ccc(Cl)s1. The Morgan fingerprint density at radius 2 is 1.92 bits per heavy atom. The molecule has 1 aromatic heterocycles. The van der Waals surface area contributed by atoms with Gasteiger partial charge >= 0.3 is 6.18 Å². The number of amides is 3. The number of nitrogens with one attached hydrogen (secondary N) is 2. The second kappa shape index (κ2) is 12.5. The minimum Gasteiger partial charge on any atom is -0.370 e. The number of ether oxygens (including phenoxy) is 1. The van der Waals surface area contributed by atoms with E-state index in [4.69, 9.17) is 16.3 Å². The standard InChI is InChI=1S/C25H28ClF3N4O4S/c26-21-9-8-20(38-21)24(36)30-12-19(32(15-25(27,28)29)13-16-2-1-3-16)23(35)31-17-4-6-18(7-5-17)33-10-11-37-14-22(33)34/h4-9,16,19H,1-3,10-15H2,(H,30,36)(H,31,35)/t19-/m1/s1. The predicted molar refractivity (Wildman–Crippen MR) is 139 cm³/mol. The molecule has 1 saturated heterocycles. The summed E-state index contributed by atoms with van der Waals surface area (Å²) < 4.78 is 46.1. The molecule has 2 aliphatic rings. The van der Waals surface area contributed by atoms with Crippen LogP contribution in [0.2, 0.25) is 4.34 Å². The molecule has 0 radical (unpaired) electrons. The molecule has 38 heavy (non-hydrogen) atoms. The van der Waals surface area contributed by atoms with Crippen molar-refractivity contribution in [2.24, 2.45) is 5.92 Å². The highest BCUT2D eigenvalue weighted by atomic mass is 35.5. The summed E-state index contributed by atoms with van der Waals surface area (Å²) in [6.07, 6.45) is -2.00. The first-order valence-corrected chi connectivity index (χ1v) is 13.4. The van der Waals surface area contributed by atoms with Crippen molar-refractivity contribution in [1.82, 2.24) is 10.2 Å². The molecule has 3 amide bonds. The number of rotatable bonds is 10. The highest BCUT2D eigenvalue weighted by Gasteiger charge is 2.38. The Balaban J connectivity index is 1.50. The molecule has 0 bridgehead atoms. The normalized spacial score (nSPS) is 17.3. The van der Waals surface area contributed by atoms with Crippen LogP contribution in [-0.2, 0) is 14.3 Å². The summed E-state index contributed by atoms with van der Waals surface area (Å²) in [6.45, 7) is -0.708. The summed E-state index contributed by atoms with van der Waals surface area (Å²) in [5, 5.41) is 5.28. The summed E-state index contributed by atoms with van der Waals surface area (Å²) in [4.78, 5) is 41.0. The van der Waals surface area contributed by atoms with Crippen molar-refractivity contribution in [2.75, 3.05) is 49.6 Å². The number of benzene rings is 1. The van der Waals surface area contributed by atoms with Crippen molar-refractivity contribution in [3.05, 3.63) is 45.6 Å². The van der Waals surface area contributed by atoms with Crippen LogP contribution in [0.4, 0.5) is 24.5 Å². The first-order valence-electron chi connectivity index (χ1n) is 12.2. The third-order valence-electron chi connectivity index (χ3n) is 6.53. The monoisotopic (exact) mass is 572 g/mol. The summed E-state index contributed by atoms with van der Waals surface area (Å²) in [6, 6.07) is 8.26. The zero-order chi connectivity index (χ0) is 27.3. The molecule has 13 heteroatoms. The van der Waals surface area contributed by atoms with E-state index in [1.54, 1.807) is 35.2 Å². The lowest BCUT2D eigenvalue weighted by atomic mass is 9.84. The average molecular weight is 573 g/mol. The fourth-order valence-corrected chi connectivity index (χ4v) is 5.34. The van der Waals surface area contributed by atoms with Gasteiger partial charge in [0.2, 0.25) is 5.91 Å². The topological polar surface area (TPSA) is 91.0 Å². The lowest BCUT2D eigenvalue weighted by Gasteiger charge is -2.37. The Kier molecular flexibility index (Phi) is 9.29. The third-order valence-corrected chi connectivity index (χ3v) is 7.76. The van der Waals surface area contributed by atoms with Gasteiger partial charge in [-0.25, -0.2) is 0 Å². The van der Waals surface area contributed by atoms with Crippen LogP contribution in [0.25, 0.3) is 0 Å². The molecule has 2 N–H and O–H groups in total. The lowest BCUT2D eigenvalue weighted by Crippen LogP contribution is -2.55. The number of anilines is 2. The van der Waals surface area contributed by atoms with Gasteiger partial charge in [-0.3, -0.25) is 19.3 Å². The van der Waals surface area contributed by atoms with E-state index in [1.165, 1.54) is 6.07 Å². The maximum absolute atomic E-state index is 13.5. The van der Waals surface area contributed by atoms with Crippen LogP contribution >= 0.6 is 22.9 Å². The van der Waals surface area contributed by atoms with Crippen LogP contribution < -0.4 is 15.5 Å². The van der Waals surface area contributed by atoms with Crippen molar-refractivity contribution in [1.29, 1.82) is 0 Å². The molecule has 1 aliphatic heterocycles. The van der Waals surface area contributed by atoms with E-state index in [9.17, 15) is 27.6 Å². The highest BCUT2D eigenvalue weighted by molar-refractivity contribution is 7.18. The van der Waals surface area contributed by atoms with Gasteiger partial charge in [0.05, 0.1) is 22.4 Å². The van der Waals surface area contributed by atoms with Gasteiger partial charge in [0.25, 0.3) is 11.8 Å². The number of halogens is 4. The highest BCUT2D eigenvalue weighted by Crippen LogP contribution is 2.30.